The quantitative estimate of drug-likeness (QED) is 0.652. The Kier molecular flexibility index (Phi) is 4.67. The van der Waals surface area contributed by atoms with E-state index in [1.807, 2.05) is 12.2 Å². The van der Waals surface area contributed by atoms with E-state index >= 15 is 0 Å². The average Bonchev–Trinajstić information content (AvgIpc) is 2.38. The molecule has 0 unspecified atom stereocenters. The molecule has 0 saturated heterocycles. The van der Waals surface area contributed by atoms with Crippen LogP contribution in [0, 0.1) is 6.92 Å². The number of rotatable bonds is 3. The van der Waals surface area contributed by atoms with Crippen LogP contribution in [-0.4, -0.2) is 0 Å². The average molecular weight is 236 g/mol. The van der Waals surface area contributed by atoms with E-state index in [0.717, 1.165) is 11.1 Å². The zero-order valence-corrected chi connectivity index (χ0v) is 10.1. The van der Waals surface area contributed by atoms with Crippen LogP contribution in [0.5, 0.6) is 0 Å². The van der Waals surface area contributed by atoms with E-state index in [1.165, 1.54) is 16.7 Å². The van der Waals surface area contributed by atoms with Gasteiger partial charge >= 0.3 is 0 Å². The topological polar surface area (TPSA) is 0 Å². The molecule has 0 atom stereocenters. The number of hydrogen-bond donors (Lipinski definition) is 0. The Morgan fingerprint density at radius 1 is 0.889 bits per heavy atom. The second-order valence-electron chi connectivity index (χ2n) is 4.08. The van der Waals surface area contributed by atoms with E-state index in [4.69, 9.17) is 0 Å². The molecule has 0 aliphatic carbocycles. The Hall–Kier alpha value is -2.08. The van der Waals surface area contributed by atoms with Gasteiger partial charge in [0.2, 0.25) is 0 Å². The van der Waals surface area contributed by atoms with Crippen LogP contribution in [0.25, 0.3) is 23.3 Å². The Balaban J connectivity index is 0.00000162. The van der Waals surface area contributed by atoms with Gasteiger partial charge in [0.05, 0.1) is 0 Å². The molecule has 0 heterocycles. The fourth-order valence-corrected chi connectivity index (χ4v) is 1.97. The van der Waals surface area contributed by atoms with Gasteiger partial charge in [-0.2, -0.15) is 0 Å². The van der Waals surface area contributed by atoms with Crippen LogP contribution in [0.15, 0.2) is 55.6 Å². The molecule has 0 nitrogen and oxygen atoms in total. The summed E-state index contributed by atoms with van der Waals surface area (Å²) in [5.41, 5.74) is 5.96. The fraction of sp³-hybridized carbons (Fsp3) is 0.111. The molecule has 0 radical (unpaired) electrons. The van der Waals surface area contributed by atoms with Gasteiger partial charge in [-0.05, 0) is 29.2 Å². The molecule has 0 aliphatic heterocycles. The summed E-state index contributed by atoms with van der Waals surface area (Å²) in [6, 6.07) is 14.8. The van der Waals surface area contributed by atoms with Gasteiger partial charge < -0.3 is 0 Å². The van der Waals surface area contributed by atoms with E-state index in [-0.39, 0.29) is 7.43 Å². The van der Waals surface area contributed by atoms with Crippen LogP contribution in [0.2, 0.25) is 0 Å². The van der Waals surface area contributed by atoms with Crippen molar-refractivity contribution in [3.8, 4) is 11.1 Å². The molecule has 18 heavy (non-hydrogen) atoms. The van der Waals surface area contributed by atoms with Crippen LogP contribution in [0.1, 0.15) is 24.1 Å². The maximum absolute atomic E-state index is 3.90. The van der Waals surface area contributed by atoms with E-state index in [9.17, 15) is 0 Å². The molecule has 92 valence electrons. The third-order valence-electron chi connectivity index (χ3n) is 2.93. The molecule has 2 aromatic carbocycles. The monoisotopic (exact) mass is 236 g/mol. The van der Waals surface area contributed by atoms with Crippen LogP contribution >= 0.6 is 0 Å². The van der Waals surface area contributed by atoms with Gasteiger partial charge in [-0.15, -0.1) is 0 Å². The minimum Gasteiger partial charge on any atom is -0.0984 e. The summed E-state index contributed by atoms with van der Waals surface area (Å²) in [6.45, 7) is 9.83. The van der Waals surface area contributed by atoms with Gasteiger partial charge in [0.25, 0.3) is 0 Å². The maximum atomic E-state index is 3.90. The highest BCUT2D eigenvalue weighted by Gasteiger charge is 2.04. The lowest BCUT2D eigenvalue weighted by atomic mass is 9.95. The maximum Gasteiger partial charge on any atom is -0.0106 e. The molecule has 0 N–H and O–H groups in total. The Labute approximate surface area is 110 Å². The van der Waals surface area contributed by atoms with Crippen molar-refractivity contribution in [3.05, 3.63) is 72.3 Å². The highest BCUT2D eigenvalue weighted by atomic mass is 14.1. The van der Waals surface area contributed by atoms with Crippen molar-refractivity contribution >= 4 is 12.2 Å². The van der Waals surface area contributed by atoms with Crippen molar-refractivity contribution in [2.45, 2.75) is 14.4 Å². The minimum absolute atomic E-state index is 0. The summed E-state index contributed by atoms with van der Waals surface area (Å²) in [6.07, 6.45) is 3.76. The van der Waals surface area contributed by atoms with Gasteiger partial charge in [0.15, 0.2) is 0 Å². The summed E-state index contributed by atoms with van der Waals surface area (Å²) >= 11 is 0. The zero-order chi connectivity index (χ0) is 12.3. The SMILES string of the molecule is C.C=Cc1cccc(-c2ccc(C)cc2)c1C=C. The molecular weight excluding hydrogens is 216 g/mol. The number of benzene rings is 2. The second kappa shape index (κ2) is 6.02. The summed E-state index contributed by atoms with van der Waals surface area (Å²) in [4.78, 5) is 0. The van der Waals surface area contributed by atoms with Crippen molar-refractivity contribution in [3.63, 3.8) is 0 Å². The van der Waals surface area contributed by atoms with Gasteiger partial charge in [-0.1, -0.05) is 80.8 Å². The third-order valence-corrected chi connectivity index (χ3v) is 2.93. The van der Waals surface area contributed by atoms with Gasteiger partial charge in [-0.3, -0.25) is 0 Å². The van der Waals surface area contributed by atoms with Crippen LogP contribution in [0.3, 0.4) is 0 Å². The molecular formula is C18H20. The first kappa shape index (κ1) is 14.0. The Bertz CT molecular complexity index is 545. The normalized spacial score (nSPS) is 9.39. The third kappa shape index (κ3) is 2.60. The molecule has 2 aromatic rings. The highest BCUT2D eigenvalue weighted by molar-refractivity contribution is 5.80. The van der Waals surface area contributed by atoms with Gasteiger partial charge in [0.1, 0.15) is 0 Å². The first-order chi connectivity index (χ1) is 8.26. The smallest absolute Gasteiger partial charge is 0.0106 e. The summed E-state index contributed by atoms with van der Waals surface area (Å²) in [7, 11) is 0. The van der Waals surface area contributed by atoms with E-state index in [0.29, 0.717) is 0 Å². The van der Waals surface area contributed by atoms with E-state index in [2.05, 4.69) is 62.5 Å². The zero-order valence-electron chi connectivity index (χ0n) is 10.1. The Morgan fingerprint density at radius 3 is 2.11 bits per heavy atom. The van der Waals surface area contributed by atoms with Crippen molar-refractivity contribution in [1.29, 1.82) is 0 Å². The predicted molar refractivity (Wildman–Crippen MR) is 83.5 cm³/mol. The van der Waals surface area contributed by atoms with Crippen LogP contribution < -0.4 is 0 Å². The lowest BCUT2D eigenvalue weighted by Gasteiger charge is -2.09. The number of aryl methyl sites for hydroxylation is 1. The molecule has 0 saturated carbocycles. The van der Waals surface area contributed by atoms with Crippen molar-refractivity contribution in [2.24, 2.45) is 0 Å². The standard InChI is InChI=1S/C17H16.CH4/c1-4-14-7-6-8-17(16(14)5-2)15-11-9-13(3)10-12-15;/h4-12H,1-2H2,3H3;1H4. The summed E-state index contributed by atoms with van der Waals surface area (Å²) in [5, 5.41) is 0. The molecule has 0 heteroatoms. The van der Waals surface area contributed by atoms with Crippen LogP contribution in [-0.2, 0) is 0 Å². The Morgan fingerprint density at radius 2 is 1.56 bits per heavy atom. The van der Waals surface area contributed by atoms with Gasteiger partial charge in [0, 0.05) is 0 Å². The first-order valence-corrected chi connectivity index (χ1v) is 5.71. The molecule has 0 aliphatic rings. The molecule has 0 fully saturated rings. The number of hydrogen-bond acceptors (Lipinski definition) is 0. The minimum atomic E-state index is 0. The van der Waals surface area contributed by atoms with Crippen molar-refractivity contribution in [1.82, 2.24) is 0 Å². The second-order valence-corrected chi connectivity index (χ2v) is 4.08. The van der Waals surface area contributed by atoms with Crippen molar-refractivity contribution in [2.75, 3.05) is 0 Å². The molecule has 0 spiro atoms. The highest BCUT2D eigenvalue weighted by Crippen LogP contribution is 2.28. The first-order valence-electron chi connectivity index (χ1n) is 5.71. The molecule has 0 aromatic heterocycles. The lowest BCUT2D eigenvalue weighted by molar-refractivity contribution is 1.46. The van der Waals surface area contributed by atoms with E-state index < -0.39 is 0 Å². The lowest BCUT2D eigenvalue weighted by Crippen LogP contribution is -1.87. The predicted octanol–water partition coefficient (Wildman–Crippen LogP) is 5.58. The van der Waals surface area contributed by atoms with E-state index in [1.54, 1.807) is 0 Å². The van der Waals surface area contributed by atoms with Crippen LogP contribution in [0.4, 0.5) is 0 Å². The van der Waals surface area contributed by atoms with Crippen molar-refractivity contribution < 1.29 is 0 Å². The molecule has 0 bridgehead atoms. The molecule has 2 rings (SSSR count). The van der Waals surface area contributed by atoms with Gasteiger partial charge in [-0.25, -0.2) is 0 Å². The largest absolute Gasteiger partial charge is 0.0984 e. The molecule has 0 amide bonds. The summed E-state index contributed by atoms with van der Waals surface area (Å²) < 4.78 is 0. The summed E-state index contributed by atoms with van der Waals surface area (Å²) in [5.74, 6) is 0. The fourth-order valence-electron chi connectivity index (χ4n) is 1.97.